The Morgan fingerprint density at radius 3 is 2.65 bits per heavy atom. The number of ether oxygens (including phenoxy) is 2. The maximum Gasteiger partial charge on any atom is 0.218 e. The zero-order valence-electron chi connectivity index (χ0n) is 15.5. The number of thiazole rings is 1. The number of hydrogen-bond acceptors (Lipinski definition) is 6. The summed E-state index contributed by atoms with van der Waals surface area (Å²) in [5.41, 5.74) is 2.04. The normalized spacial score (nSPS) is 11.0. The number of nitrogens with one attached hydrogen (secondary N) is 2. The number of nitrogens with zero attached hydrogens (tertiary/aromatic N) is 3. The lowest BCUT2D eigenvalue weighted by Gasteiger charge is -2.13. The van der Waals surface area contributed by atoms with Gasteiger partial charge in [0.2, 0.25) is 5.88 Å². The number of methoxy groups -OCH3 is 1. The molecule has 0 atom stereocenters. The minimum absolute atomic E-state index is 0. The molecule has 144 valence electrons. The van der Waals surface area contributed by atoms with Gasteiger partial charge in [0.15, 0.2) is 5.96 Å². The molecule has 0 radical (unpaired) electrons. The van der Waals surface area contributed by atoms with Crippen molar-refractivity contribution in [2.45, 2.75) is 26.9 Å². The van der Waals surface area contributed by atoms with Gasteiger partial charge < -0.3 is 20.1 Å². The maximum absolute atomic E-state index is 5.64. The number of pyridine rings is 1. The van der Waals surface area contributed by atoms with E-state index in [-0.39, 0.29) is 24.0 Å². The van der Waals surface area contributed by atoms with E-state index in [1.807, 2.05) is 19.1 Å². The standard InChI is InChI=1S/C17H25N5O2S.HI/c1-12-13(2)25-15(22-12)11-21-17(18-3)20-10-14-6-5-7-19-16(14)24-9-8-23-4;/h5-7H,8-11H2,1-4H3,(H2,18,20,21);1H. The summed E-state index contributed by atoms with van der Waals surface area (Å²) in [7, 11) is 3.39. The van der Waals surface area contributed by atoms with Gasteiger partial charge in [-0.1, -0.05) is 6.07 Å². The van der Waals surface area contributed by atoms with Gasteiger partial charge in [0.05, 0.1) is 18.8 Å². The van der Waals surface area contributed by atoms with Crippen molar-refractivity contribution in [3.63, 3.8) is 0 Å². The van der Waals surface area contributed by atoms with Crippen LogP contribution in [0, 0.1) is 13.8 Å². The number of hydrogen-bond donors (Lipinski definition) is 2. The Kier molecular flexibility index (Phi) is 10.4. The fourth-order valence-corrected chi connectivity index (χ4v) is 2.96. The highest BCUT2D eigenvalue weighted by Crippen LogP contribution is 2.16. The van der Waals surface area contributed by atoms with Crippen molar-refractivity contribution in [2.75, 3.05) is 27.4 Å². The molecule has 0 amide bonds. The highest BCUT2D eigenvalue weighted by Gasteiger charge is 2.07. The molecule has 26 heavy (non-hydrogen) atoms. The van der Waals surface area contributed by atoms with Gasteiger partial charge in [-0.3, -0.25) is 4.99 Å². The highest BCUT2D eigenvalue weighted by atomic mass is 127. The summed E-state index contributed by atoms with van der Waals surface area (Å²) in [5, 5.41) is 7.59. The third-order valence-corrected chi connectivity index (χ3v) is 4.60. The predicted molar refractivity (Wildman–Crippen MR) is 116 cm³/mol. The Bertz CT molecular complexity index is 689. The first-order chi connectivity index (χ1) is 12.1. The summed E-state index contributed by atoms with van der Waals surface area (Å²) in [4.78, 5) is 14.3. The lowest BCUT2D eigenvalue weighted by atomic mass is 10.2. The molecule has 9 heteroatoms. The van der Waals surface area contributed by atoms with Crippen molar-refractivity contribution in [3.05, 3.63) is 39.5 Å². The molecule has 0 spiro atoms. The molecule has 7 nitrogen and oxygen atoms in total. The molecule has 0 bridgehead atoms. The van der Waals surface area contributed by atoms with E-state index in [4.69, 9.17) is 9.47 Å². The monoisotopic (exact) mass is 491 g/mol. The molecule has 0 saturated carbocycles. The Balaban J connectivity index is 0.00000338. The van der Waals surface area contributed by atoms with Gasteiger partial charge in [-0.05, 0) is 19.9 Å². The lowest BCUT2D eigenvalue weighted by molar-refractivity contribution is 0.143. The minimum Gasteiger partial charge on any atom is -0.475 e. The van der Waals surface area contributed by atoms with Gasteiger partial charge in [-0.15, -0.1) is 35.3 Å². The van der Waals surface area contributed by atoms with Crippen LogP contribution in [0.15, 0.2) is 23.3 Å². The van der Waals surface area contributed by atoms with Gasteiger partial charge in [0.1, 0.15) is 11.6 Å². The molecule has 0 fully saturated rings. The molecule has 2 aromatic heterocycles. The van der Waals surface area contributed by atoms with Crippen LogP contribution in [-0.4, -0.2) is 43.3 Å². The summed E-state index contributed by atoms with van der Waals surface area (Å²) in [6, 6.07) is 3.86. The zero-order valence-corrected chi connectivity index (χ0v) is 18.7. The molecule has 0 aromatic carbocycles. The molecule has 0 unspecified atom stereocenters. The first kappa shape index (κ1) is 22.6. The van der Waals surface area contributed by atoms with Crippen LogP contribution >= 0.6 is 35.3 Å². The second-order valence-electron chi connectivity index (χ2n) is 5.34. The lowest BCUT2D eigenvalue weighted by Crippen LogP contribution is -2.36. The fraction of sp³-hybridized carbons (Fsp3) is 0.471. The van der Waals surface area contributed by atoms with Crippen LogP contribution in [0.3, 0.4) is 0 Å². The van der Waals surface area contributed by atoms with E-state index in [1.165, 1.54) is 4.88 Å². The van der Waals surface area contributed by atoms with E-state index in [2.05, 4.69) is 32.5 Å². The van der Waals surface area contributed by atoms with E-state index in [9.17, 15) is 0 Å². The van der Waals surface area contributed by atoms with Crippen molar-refractivity contribution >= 4 is 41.3 Å². The van der Waals surface area contributed by atoms with Gasteiger partial charge in [0, 0.05) is 37.3 Å². The van der Waals surface area contributed by atoms with E-state index in [0.29, 0.717) is 38.1 Å². The van der Waals surface area contributed by atoms with Gasteiger partial charge >= 0.3 is 0 Å². The summed E-state index contributed by atoms with van der Waals surface area (Å²) >= 11 is 1.70. The molecule has 2 rings (SSSR count). The van der Waals surface area contributed by atoms with Crippen LogP contribution in [-0.2, 0) is 17.8 Å². The number of aromatic nitrogens is 2. The highest BCUT2D eigenvalue weighted by molar-refractivity contribution is 14.0. The van der Waals surface area contributed by atoms with E-state index < -0.39 is 0 Å². The third kappa shape index (κ3) is 7.04. The first-order valence-corrected chi connectivity index (χ1v) is 8.88. The van der Waals surface area contributed by atoms with Crippen LogP contribution in [0.4, 0.5) is 0 Å². The second-order valence-corrected chi connectivity index (χ2v) is 6.63. The third-order valence-electron chi connectivity index (χ3n) is 3.53. The number of aryl methyl sites for hydroxylation is 2. The number of aliphatic imine (C=N–C) groups is 1. The summed E-state index contributed by atoms with van der Waals surface area (Å²) in [6.07, 6.45) is 1.71. The quantitative estimate of drug-likeness (QED) is 0.256. The topological polar surface area (TPSA) is 80.7 Å². The smallest absolute Gasteiger partial charge is 0.218 e. The average molecular weight is 491 g/mol. The Morgan fingerprint density at radius 2 is 2.00 bits per heavy atom. The average Bonchev–Trinajstić information content (AvgIpc) is 2.94. The Hall–Kier alpha value is -1.46. The number of halogens is 1. The van der Waals surface area contributed by atoms with Crippen molar-refractivity contribution in [3.8, 4) is 5.88 Å². The largest absolute Gasteiger partial charge is 0.475 e. The van der Waals surface area contributed by atoms with Gasteiger partial charge in [-0.2, -0.15) is 0 Å². The predicted octanol–water partition coefficient (Wildman–Crippen LogP) is 2.66. The van der Waals surface area contributed by atoms with Crippen molar-refractivity contribution in [2.24, 2.45) is 4.99 Å². The van der Waals surface area contributed by atoms with Crippen LogP contribution in [0.1, 0.15) is 21.1 Å². The van der Waals surface area contributed by atoms with Crippen LogP contribution in [0.5, 0.6) is 5.88 Å². The van der Waals surface area contributed by atoms with Crippen molar-refractivity contribution in [1.29, 1.82) is 0 Å². The molecular weight excluding hydrogens is 465 g/mol. The van der Waals surface area contributed by atoms with Crippen LogP contribution in [0.25, 0.3) is 0 Å². The van der Waals surface area contributed by atoms with Crippen LogP contribution in [0.2, 0.25) is 0 Å². The summed E-state index contributed by atoms with van der Waals surface area (Å²) in [5.74, 6) is 1.31. The van der Waals surface area contributed by atoms with E-state index in [1.54, 1.807) is 31.7 Å². The summed E-state index contributed by atoms with van der Waals surface area (Å²) < 4.78 is 10.6. The van der Waals surface area contributed by atoms with Gasteiger partial charge in [-0.25, -0.2) is 9.97 Å². The fourth-order valence-electron chi connectivity index (χ4n) is 2.08. The number of guanidine groups is 1. The van der Waals surface area contributed by atoms with Crippen LogP contribution < -0.4 is 15.4 Å². The first-order valence-electron chi connectivity index (χ1n) is 8.07. The zero-order chi connectivity index (χ0) is 18.1. The maximum atomic E-state index is 5.64. The Morgan fingerprint density at radius 1 is 1.23 bits per heavy atom. The second kappa shape index (κ2) is 12.0. The SMILES string of the molecule is CN=C(NCc1nc(C)c(C)s1)NCc1cccnc1OCCOC.I. The van der Waals surface area contributed by atoms with E-state index >= 15 is 0 Å². The molecule has 0 aliphatic rings. The van der Waals surface area contributed by atoms with Gasteiger partial charge in [0.25, 0.3) is 0 Å². The molecular formula is C17H26IN5O2S. The molecule has 0 saturated heterocycles. The molecule has 2 N–H and O–H groups in total. The molecule has 0 aliphatic heterocycles. The minimum atomic E-state index is 0. The molecule has 2 aromatic rings. The van der Waals surface area contributed by atoms with E-state index in [0.717, 1.165) is 16.3 Å². The molecule has 0 aliphatic carbocycles. The van der Waals surface area contributed by atoms with Crippen molar-refractivity contribution in [1.82, 2.24) is 20.6 Å². The summed E-state index contributed by atoms with van der Waals surface area (Å²) in [6.45, 7) is 6.30. The van der Waals surface area contributed by atoms with Crippen molar-refractivity contribution < 1.29 is 9.47 Å². The number of rotatable bonds is 8. The molecule has 2 heterocycles. The Labute approximate surface area is 175 Å².